The fourth-order valence-corrected chi connectivity index (χ4v) is 4.80. The molecule has 0 saturated heterocycles. The Kier molecular flexibility index (Phi) is 5.19. The van der Waals surface area contributed by atoms with Gasteiger partial charge in [0.15, 0.2) is 5.16 Å². The zero-order chi connectivity index (χ0) is 21.4. The van der Waals surface area contributed by atoms with Gasteiger partial charge in [0.1, 0.15) is 5.82 Å². The number of para-hydroxylation sites is 1. The van der Waals surface area contributed by atoms with Gasteiger partial charge in [0.25, 0.3) is 5.69 Å². The van der Waals surface area contributed by atoms with Crippen LogP contribution in [0.3, 0.4) is 0 Å². The lowest BCUT2D eigenvalue weighted by Gasteiger charge is -2.29. The van der Waals surface area contributed by atoms with Gasteiger partial charge < -0.3 is 4.90 Å². The van der Waals surface area contributed by atoms with Gasteiger partial charge in [-0.2, -0.15) is 0 Å². The van der Waals surface area contributed by atoms with Gasteiger partial charge in [-0.05, 0) is 49.4 Å². The molecule has 0 unspecified atom stereocenters. The molecule has 2 aliphatic rings. The first-order chi connectivity index (χ1) is 15.1. The minimum atomic E-state index is -0.398. The van der Waals surface area contributed by atoms with Gasteiger partial charge in [-0.1, -0.05) is 30.0 Å². The van der Waals surface area contributed by atoms with E-state index in [0.717, 1.165) is 48.4 Å². The summed E-state index contributed by atoms with van der Waals surface area (Å²) >= 11 is 1.38. The van der Waals surface area contributed by atoms with Crippen molar-refractivity contribution in [2.45, 2.75) is 36.8 Å². The van der Waals surface area contributed by atoms with Crippen LogP contribution in [0.15, 0.2) is 53.7 Å². The molecule has 1 fully saturated rings. The molecule has 0 N–H and O–H groups in total. The highest BCUT2D eigenvalue weighted by molar-refractivity contribution is 7.99. The van der Waals surface area contributed by atoms with E-state index in [9.17, 15) is 14.9 Å². The van der Waals surface area contributed by atoms with E-state index in [1.54, 1.807) is 17.0 Å². The van der Waals surface area contributed by atoms with Crippen LogP contribution in [0, 0.1) is 10.1 Å². The predicted molar refractivity (Wildman–Crippen MR) is 118 cm³/mol. The van der Waals surface area contributed by atoms with Crippen molar-refractivity contribution in [2.24, 2.45) is 0 Å². The van der Waals surface area contributed by atoms with Gasteiger partial charge in [0.05, 0.1) is 10.7 Å². The van der Waals surface area contributed by atoms with Crippen LogP contribution in [-0.2, 0) is 11.2 Å². The van der Waals surface area contributed by atoms with Crippen LogP contribution >= 0.6 is 11.8 Å². The summed E-state index contributed by atoms with van der Waals surface area (Å²) in [5.74, 6) is 1.58. The van der Waals surface area contributed by atoms with Gasteiger partial charge in [0.2, 0.25) is 5.91 Å². The van der Waals surface area contributed by atoms with E-state index in [-0.39, 0.29) is 17.3 Å². The minimum Gasteiger partial charge on any atom is -0.311 e. The van der Waals surface area contributed by atoms with E-state index in [4.69, 9.17) is 0 Å². The number of amides is 1. The SMILES string of the molecule is O=C(CSc1nnc(C2CC2)n1-c1ccccc1)N1CCCc2cc([N+](=O)[O-])ccc21. The number of nitrogens with zero attached hydrogens (tertiary/aromatic N) is 5. The number of anilines is 1. The number of non-ortho nitro benzene ring substituents is 1. The third-order valence-electron chi connectivity index (χ3n) is 5.63. The van der Waals surface area contributed by atoms with Crippen molar-refractivity contribution >= 4 is 29.0 Å². The number of hydrogen-bond donors (Lipinski definition) is 0. The Balaban J connectivity index is 1.36. The highest BCUT2D eigenvalue weighted by Gasteiger charge is 2.31. The second kappa shape index (κ2) is 8.14. The lowest BCUT2D eigenvalue weighted by atomic mass is 10.0. The summed E-state index contributed by atoms with van der Waals surface area (Å²) in [4.78, 5) is 25.5. The fourth-order valence-electron chi connectivity index (χ4n) is 3.96. The summed E-state index contributed by atoms with van der Waals surface area (Å²) in [6, 6.07) is 14.7. The number of nitro groups is 1. The van der Waals surface area contributed by atoms with Crippen molar-refractivity contribution in [2.75, 3.05) is 17.2 Å². The Morgan fingerprint density at radius 1 is 1.16 bits per heavy atom. The molecule has 3 aromatic rings. The molecule has 1 aliphatic carbocycles. The summed E-state index contributed by atoms with van der Waals surface area (Å²) in [5.41, 5.74) is 2.68. The minimum absolute atomic E-state index is 0.0320. The molecule has 1 aromatic heterocycles. The van der Waals surface area contributed by atoms with E-state index < -0.39 is 4.92 Å². The Hall–Kier alpha value is -3.20. The number of carbonyl (C=O) groups is 1. The number of aryl methyl sites for hydroxylation is 1. The topological polar surface area (TPSA) is 94.2 Å². The number of carbonyl (C=O) groups excluding carboxylic acids is 1. The highest BCUT2D eigenvalue weighted by atomic mass is 32.2. The van der Waals surface area contributed by atoms with Crippen molar-refractivity contribution in [1.82, 2.24) is 14.8 Å². The molecule has 5 rings (SSSR count). The van der Waals surface area contributed by atoms with E-state index in [2.05, 4.69) is 14.8 Å². The lowest BCUT2D eigenvalue weighted by Crippen LogP contribution is -2.36. The summed E-state index contributed by atoms with van der Waals surface area (Å²) in [6.45, 7) is 0.614. The number of rotatable bonds is 6. The zero-order valence-corrected chi connectivity index (χ0v) is 17.6. The van der Waals surface area contributed by atoms with Crippen LogP contribution in [0.25, 0.3) is 5.69 Å². The molecule has 1 saturated carbocycles. The molecule has 9 heteroatoms. The number of benzene rings is 2. The molecule has 0 radical (unpaired) electrons. The number of fused-ring (bicyclic) bond motifs is 1. The van der Waals surface area contributed by atoms with Gasteiger partial charge in [-0.3, -0.25) is 19.5 Å². The van der Waals surface area contributed by atoms with Crippen LogP contribution in [0.4, 0.5) is 11.4 Å². The maximum absolute atomic E-state index is 13.1. The molecule has 2 heterocycles. The first kappa shape index (κ1) is 19.7. The summed E-state index contributed by atoms with van der Waals surface area (Å²) < 4.78 is 2.06. The summed E-state index contributed by atoms with van der Waals surface area (Å²) in [6.07, 6.45) is 3.76. The average Bonchev–Trinajstić information content (AvgIpc) is 3.56. The molecule has 2 aromatic carbocycles. The Morgan fingerprint density at radius 3 is 2.71 bits per heavy atom. The van der Waals surface area contributed by atoms with E-state index in [1.807, 2.05) is 30.3 Å². The second-order valence-corrected chi connectivity index (χ2v) is 8.74. The first-order valence-electron chi connectivity index (χ1n) is 10.3. The second-order valence-electron chi connectivity index (χ2n) is 7.79. The van der Waals surface area contributed by atoms with Crippen LogP contribution < -0.4 is 4.90 Å². The molecule has 1 amide bonds. The van der Waals surface area contributed by atoms with Gasteiger partial charge in [-0.25, -0.2) is 0 Å². The van der Waals surface area contributed by atoms with Crippen LogP contribution in [0.1, 0.15) is 36.6 Å². The smallest absolute Gasteiger partial charge is 0.269 e. The summed E-state index contributed by atoms with van der Waals surface area (Å²) in [7, 11) is 0. The molecular weight excluding hydrogens is 414 g/mol. The van der Waals surface area contributed by atoms with Crippen molar-refractivity contribution in [1.29, 1.82) is 0 Å². The third-order valence-corrected chi connectivity index (χ3v) is 6.55. The normalized spacial score (nSPS) is 15.5. The predicted octanol–water partition coefficient (Wildman–Crippen LogP) is 4.12. The summed E-state index contributed by atoms with van der Waals surface area (Å²) in [5, 5.41) is 20.6. The average molecular weight is 436 g/mol. The standard InChI is InChI=1S/C22H21N5O3S/c28-20(25-12-4-5-16-13-18(27(29)30)10-11-19(16)25)14-31-22-24-23-21(15-8-9-15)26(22)17-6-2-1-3-7-17/h1-3,6-7,10-11,13,15H,4-5,8-9,12,14H2. The zero-order valence-electron chi connectivity index (χ0n) is 16.8. The molecule has 0 spiro atoms. The van der Waals surface area contributed by atoms with Crippen LogP contribution in [0.2, 0.25) is 0 Å². The maximum Gasteiger partial charge on any atom is 0.269 e. The maximum atomic E-state index is 13.1. The largest absolute Gasteiger partial charge is 0.311 e. The number of nitro benzene ring substituents is 1. The Bertz CT molecular complexity index is 1140. The monoisotopic (exact) mass is 435 g/mol. The first-order valence-corrected chi connectivity index (χ1v) is 11.3. The van der Waals surface area contributed by atoms with E-state index >= 15 is 0 Å². The molecule has 31 heavy (non-hydrogen) atoms. The Morgan fingerprint density at radius 2 is 1.97 bits per heavy atom. The Labute approximate surface area is 183 Å². The van der Waals surface area contributed by atoms with E-state index in [0.29, 0.717) is 17.6 Å². The van der Waals surface area contributed by atoms with Crippen molar-refractivity contribution in [3.63, 3.8) is 0 Å². The number of hydrogen-bond acceptors (Lipinski definition) is 6. The number of thioether (sulfide) groups is 1. The lowest BCUT2D eigenvalue weighted by molar-refractivity contribution is -0.384. The van der Waals surface area contributed by atoms with Crippen molar-refractivity contribution in [3.05, 3.63) is 70.0 Å². The fraction of sp³-hybridized carbons (Fsp3) is 0.318. The van der Waals surface area contributed by atoms with Gasteiger partial charge in [-0.15, -0.1) is 10.2 Å². The number of aromatic nitrogens is 3. The van der Waals surface area contributed by atoms with E-state index in [1.165, 1.54) is 17.8 Å². The van der Waals surface area contributed by atoms with Crippen molar-refractivity contribution < 1.29 is 9.72 Å². The van der Waals surface area contributed by atoms with Crippen LogP contribution in [0.5, 0.6) is 0 Å². The van der Waals surface area contributed by atoms with Gasteiger partial charge in [0, 0.05) is 36.0 Å². The quantitative estimate of drug-likeness (QED) is 0.328. The highest BCUT2D eigenvalue weighted by Crippen LogP contribution is 2.41. The molecule has 1 aliphatic heterocycles. The molecule has 0 bridgehead atoms. The molecule has 8 nitrogen and oxygen atoms in total. The van der Waals surface area contributed by atoms with Gasteiger partial charge >= 0.3 is 0 Å². The molecule has 0 atom stereocenters. The molecular formula is C22H21N5O3S. The van der Waals surface area contributed by atoms with Crippen LogP contribution in [-0.4, -0.2) is 37.9 Å². The molecule has 158 valence electrons. The third kappa shape index (κ3) is 3.93. The van der Waals surface area contributed by atoms with Crippen molar-refractivity contribution in [3.8, 4) is 5.69 Å².